The van der Waals surface area contributed by atoms with Crippen LogP contribution in [0.25, 0.3) is 0 Å². The summed E-state index contributed by atoms with van der Waals surface area (Å²) < 4.78 is 0. The predicted octanol–water partition coefficient (Wildman–Crippen LogP) is 3.20. The van der Waals surface area contributed by atoms with Gasteiger partial charge in [0.05, 0.1) is 16.6 Å². The van der Waals surface area contributed by atoms with Crippen LogP contribution in [0.1, 0.15) is 5.56 Å². The fourth-order valence-corrected chi connectivity index (χ4v) is 2.83. The predicted molar refractivity (Wildman–Crippen MR) is 87.5 cm³/mol. The molecule has 6 heteroatoms. The molecule has 2 aromatic rings. The monoisotopic (exact) mass is 322 g/mol. The van der Waals surface area contributed by atoms with Crippen LogP contribution >= 0.6 is 23.2 Å². The third-order valence-corrected chi connectivity index (χ3v) is 4.23. The van der Waals surface area contributed by atoms with Crippen LogP contribution in [0.15, 0.2) is 36.7 Å². The number of aromatic nitrogens is 2. The van der Waals surface area contributed by atoms with Gasteiger partial charge in [0.1, 0.15) is 0 Å². The summed E-state index contributed by atoms with van der Waals surface area (Å²) in [6.07, 6.45) is 3.57. The Bertz CT molecular complexity index is 595. The van der Waals surface area contributed by atoms with Crippen molar-refractivity contribution in [2.75, 3.05) is 36.0 Å². The number of hydrogen-bond acceptors (Lipinski definition) is 4. The van der Waals surface area contributed by atoms with E-state index in [1.807, 2.05) is 18.2 Å². The lowest BCUT2D eigenvalue weighted by Crippen LogP contribution is -2.47. The fourth-order valence-electron chi connectivity index (χ4n) is 2.44. The topological polar surface area (TPSA) is 32.3 Å². The van der Waals surface area contributed by atoms with Crippen LogP contribution in [0.5, 0.6) is 0 Å². The maximum Gasteiger partial charge on any atom is 0.225 e. The van der Waals surface area contributed by atoms with E-state index in [0.717, 1.165) is 48.4 Å². The molecule has 4 nitrogen and oxygen atoms in total. The second-order valence-corrected chi connectivity index (χ2v) is 5.62. The Labute approximate surface area is 134 Å². The zero-order chi connectivity index (χ0) is 14.7. The van der Waals surface area contributed by atoms with Crippen molar-refractivity contribution in [1.82, 2.24) is 9.97 Å². The molecule has 1 aromatic carbocycles. The summed E-state index contributed by atoms with van der Waals surface area (Å²) in [5, 5.41) is 0.800. The van der Waals surface area contributed by atoms with Crippen LogP contribution in [-0.4, -0.2) is 36.1 Å². The second-order valence-electron chi connectivity index (χ2n) is 4.95. The minimum Gasteiger partial charge on any atom is -0.367 e. The molecule has 0 radical (unpaired) electrons. The smallest absolute Gasteiger partial charge is 0.225 e. The minimum absolute atomic E-state index is 0.445. The van der Waals surface area contributed by atoms with Gasteiger partial charge in [-0.3, -0.25) is 0 Å². The Morgan fingerprint density at radius 1 is 0.952 bits per heavy atom. The summed E-state index contributed by atoms with van der Waals surface area (Å²) in [7, 11) is 0. The number of rotatable bonds is 3. The van der Waals surface area contributed by atoms with Crippen molar-refractivity contribution in [2.24, 2.45) is 0 Å². The van der Waals surface area contributed by atoms with Gasteiger partial charge in [-0.15, -0.1) is 11.6 Å². The molecule has 1 aromatic heterocycles. The van der Waals surface area contributed by atoms with Gasteiger partial charge in [0.2, 0.25) is 5.95 Å². The van der Waals surface area contributed by atoms with Gasteiger partial charge in [0, 0.05) is 44.1 Å². The normalized spacial score (nSPS) is 15.3. The van der Waals surface area contributed by atoms with Gasteiger partial charge in [-0.25, -0.2) is 9.97 Å². The van der Waals surface area contributed by atoms with Crippen molar-refractivity contribution >= 4 is 34.8 Å². The minimum atomic E-state index is 0.445. The molecule has 0 saturated carbocycles. The summed E-state index contributed by atoms with van der Waals surface area (Å²) >= 11 is 12.0. The van der Waals surface area contributed by atoms with Crippen molar-refractivity contribution < 1.29 is 0 Å². The first kappa shape index (κ1) is 14.4. The van der Waals surface area contributed by atoms with E-state index in [-0.39, 0.29) is 0 Å². The summed E-state index contributed by atoms with van der Waals surface area (Å²) in [5.74, 6) is 1.21. The summed E-state index contributed by atoms with van der Waals surface area (Å²) in [4.78, 5) is 13.2. The molecule has 3 rings (SSSR count). The Morgan fingerprint density at radius 3 is 2.19 bits per heavy atom. The van der Waals surface area contributed by atoms with Gasteiger partial charge in [-0.1, -0.05) is 23.7 Å². The molecule has 1 fully saturated rings. The third-order valence-electron chi connectivity index (χ3n) is 3.60. The maximum atomic E-state index is 6.25. The van der Waals surface area contributed by atoms with Gasteiger partial charge < -0.3 is 9.80 Å². The molecule has 1 aliphatic rings. The molecular weight excluding hydrogens is 307 g/mol. The molecule has 21 heavy (non-hydrogen) atoms. The number of anilines is 2. The van der Waals surface area contributed by atoms with E-state index in [0.29, 0.717) is 5.88 Å². The van der Waals surface area contributed by atoms with Gasteiger partial charge in [-0.2, -0.15) is 0 Å². The Morgan fingerprint density at radius 2 is 1.57 bits per heavy atom. The van der Waals surface area contributed by atoms with E-state index < -0.39 is 0 Å². The summed E-state index contributed by atoms with van der Waals surface area (Å²) in [6, 6.07) is 7.96. The summed E-state index contributed by atoms with van der Waals surface area (Å²) in [6.45, 7) is 3.57. The van der Waals surface area contributed by atoms with E-state index in [4.69, 9.17) is 23.2 Å². The van der Waals surface area contributed by atoms with Crippen LogP contribution in [-0.2, 0) is 5.88 Å². The molecule has 0 atom stereocenters. The van der Waals surface area contributed by atoms with Gasteiger partial charge >= 0.3 is 0 Å². The quantitative estimate of drug-likeness (QED) is 0.812. The summed E-state index contributed by atoms with van der Waals surface area (Å²) in [5.41, 5.74) is 2.03. The van der Waals surface area contributed by atoms with Crippen LogP contribution in [0.4, 0.5) is 11.6 Å². The second kappa shape index (κ2) is 6.50. The Kier molecular flexibility index (Phi) is 4.46. The number of halogens is 2. The zero-order valence-electron chi connectivity index (χ0n) is 11.5. The lowest BCUT2D eigenvalue weighted by Gasteiger charge is -2.36. The largest absolute Gasteiger partial charge is 0.367 e. The highest BCUT2D eigenvalue weighted by Gasteiger charge is 2.20. The standard InChI is InChI=1S/C15H16Cl2N4/c16-9-12-10-18-15(19-11-12)21-7-5-20(6-8-21)14-4-2-1-3-13(14)17/h1-4,10-11H,5-9H2. The van der Waals surface area contributed by atoms with Gasteiger partial charge in [-0.05, 0) is 12.1 Å². The van der Waals surface area contributed by atoms with E-state index in [2.05, 4.69) is 25.8 Å². The third kappa shape index (κ3) is 3.22. The van der Waals surface area contributed by atoms with E-state index in [1.165, 1.54) is 0 Å². The fraction of sp³-hybridized carbons (Fsp3) is 0.333. The SMILES string of the molecule is ClCc1cnc(N2CCN(c3ccccc3Cl)CC2)nc1. The first-order valence-electron chi connectivity index (χ1n) is 6.89. The average Bonchev–Trinajstić information content (AvgIpc) is 2.56. The Hall–Kier alpha value is -1.52. The number of para-hydroxylation sites is 1. The van der Waals surface area contributed by atoms with Crippen molar-refractivity contribution in [3.8, 4) is 0 Å². The molecule has 0 N–H and O–H groups in total. The molecule has 1 aliphatic heterocycles. The highest BCUT2D eigenvalue weighted by atomic mass is 35.5. The van der Waals surface area contributed by atoms with Crippen LogP contribution in [0.3, 0.4) is 0 Å². The first-order chi connectivity index (χ1) is 10.3. The molecule has 1 saturated heterocycles. The number of alkyl halides is 1. The van der Waals surface area contributed by atoms with Gasteiger partial charge in [0.15, 0.2) is 0 Å². The number of nitrogens with zero attached hydrogens (tertiary/aromatic N) is 4. The van der Waals surface area contributed by atoms with E-state index >= 15 is 0 Å². The lowest BCUT2D eigenvalue weighted by atomic mass is 10.2. The van der Waals surface area contributed by atoms with Gasteiger partial charge in [0.25, 0.3) is 0 Å². The number of benzene rings is 1. The Balaban J connectivity index is 1.66. The van der Waals surface area contributed by atoms with E-state index in [1.54, 1.807) is 12.4 Å². The number of hydrogen-bond donors (Lipinski definition) is 0. The molecule has 0 aliphatic carbocycles. The first-order valence-corrected chi connectivity index (χ1v) is 7.80. The van der Waals surface area contributed by atoms with Crippen molar-refractivity contribution in [2.45, 2.75) is 5.88 Å². The van der Waals surface area contributed by atoms with Crippen LogP contribution in [0.2, 0.25) is 5.02 Å². The maximum absolute atomic E-state index is 6.25. The van der Waals surface area contributed by atoms with Crippen LogP contribution in [0, 0.1) is 0 Å². The van der Waals surface area contributed by atoms with Crippen molar-refractivity contribution in [3.63, 3.8) is 0 Å². The molecule has 0 amide bonds. The molecule has 110 valence electrons. The van der Waals surface area contributed by atoms with Crippen molar-refractivity contribution in [1.29, 1.82) is 0 Å². The average molecular weight is 323 g/mol. The van der Waals surface area contributed by atoms with Crippen LogP contribution < -0.4 is 9.80 Å². The highest BCUT2D eigenvalue weighted by Crippen LogP contribution is 2.26. The van der Waals surface area contributed by atoms with Crippen molar-refractivity contribution in [3.05, 3.63) is 47.2 Å². The lowest BCUT2D eigenvalue weighted by molar-refractivity contribution is 0.639. The molecule has 0 spiro atoms. The molecular formula is C15H16Cl2N4. The number of piperazine rings is 1. The highest BCUT2D eigenvalue weighted by molar-refractivity contribution is 6.33. The molecule has 0 bridgehead atoms. The molecule has 0 unspecified atom stereocenters. The zero-order valence-corrected chi connectivity index (χ0v) is 13.1. The van der Waals surface area contributed by atoms with E-state index in [9.17, 15) is 0 Å². The molecule has 2 heterocycles.